The molecule has 0 radical (unpaired) electrons. The Morgan fingerprint density at radius 2 is 1.50 bits per heavy atom. The molecule has 3 rings (SSSR count). The van der Waals surface area contributed by atoms with Gasteiger partial charge < -0.3 is 0 Å². The molecular weight excluding hydrogens is 415 g/mol. The molecule has 2 aromatic rings. The van der Waals surface area contributed by atoms with Crippen LogP contribution in [0.15, 0.2) is 58.3 Å². The van der Waals surface area contributed by atoms with Gasteiger partial charge in [0, 0.05) is 12.8 Å². The number of hydrogen-bond donors (Lipinski definition) is 0. The van der Waals surface area contributed by atoms with Gasteiger partial charge in [-0.1, -0.05) is 18.2 Å². The average molecular weight is 433 g/mol. The van der Waals surface area contributed by atoms with Crippen molar-refractivity contribution in [3.8, 4) is 0 Å². The van der Waals surface area contributed by atoms with Crippen LogP contribution in [-0.2, 0) is 26.0 Å². The third-order valence-electron chi connectivity index (χ3n) is 4.69. The van der Waals surface area contributed by atoms with Crippen LogP contribution in [0.25, 0.3) is 0 Å². The lowest BCUT2D eigenvalue weighted by Gasteiger charge is -2.26. The van der Waals surface area contributed by atoms with Crippen LogP contribution in [0.1, 0.15) is 30.0 Å². The van der Waals surface area contributed by atoms with Gasteiger partial charge in [0.25, 0.3) is 0 Å². The van der Waals surface area contributed by atoms with E-state index in [9.17, 15) is 30.0 Å². The molecule has 10 heteroatoms. The van der Waals surface area contributed by atoms with E-state index in [-0.39, 0.29) is 28.3 Å². The van der Waals surface area contributed by atoms with Crippen molar-refractivity contribution in [3.63, 3.8) is 0 Å². The minimum absolute atomic E-state index is 0.0353. The zero-order valence-corrected chi connectivity index (χ0v) is 16.5. The summed E-state index contributed by atoms with van der Waals surface area (Å²) in [5.41, 5.74) is -0.932. The van der Waals surface area contributed by atoms with E-state index in [1.165, 1.54) is 30.3 Å². The van der Waals surface area contributed by atoms with Crippen LogP contribution in [-0.4, -0.2) is 33.9 Å². The van der Waals surface area contributed by atoms with Crippen LogP contribution in [0.3, 0.4) is 0 Å². The molecule has 0 bridgehead atoms. The summed E-state index contributed by atoms with van der Waals surface area (Å²) in [6.45, 7) is 0.0903. The standard InChI is InChI=1S/C18H18F3NO4S2/c1-27(23,24)13-8-10-14(11-9-13)28(25,26)22-12-4-7-17(22)15-5-2-3-6-16(15)18(19,20)21/h2-3,5-6,8-11,17H,4,7,12H2,1H3. The van der Waals surface area contributed by atoms with Crippen molar-refractivity contribution in [2.45, 2.75) is 34.9 Å². The van der Waals surface area contributed by atoms with Crippen molar-refractivity contribution in [1.82, 2.24) is 4.31 Å². The second kappa shape index (κ2) is 7.16. The Balaban J connectivity index is 2.01. The number of halogens is 3. The summed E-state index contributed by atoms with van der Waals surface area (Å²) in [6.07, 6.45) is -2.89. The molecule has 1 aliphatic heterocycles. The number of sulfonamides is 1. The van der Waals surface area contributed by atoms with Crippen molar-refractivity contribution in [3.05, 3.63) is 59.7 Å². The number of alkyl halides is 3. The first-order chi connectivity index (χ1) is 12.9. The van der Waals surface area contributed by atoms with Gasteiger partial charge >= 0.3 is 6.18 Å². The largest absolute Gasteiger partial charge is 0.416 e. The molecule has 1 saturated heterocycles. The number of rotatable bonds is 4. The Labute approximate surface area is 161 Å². The molecule has 2 aromatic carbocycles. The van der Waals surface area contributed by atoms with Gasteiger partial charge in [0.1, 0.15) is 0 Å². The number of benzene rings is 2. The highest BCUT2D eigenvalue weighted by atomic mass is 32.2. The Kier molecular flexibility index (Phi) is 5.32. The van der Waals surface area contributed by atoms with Gasteiger partial charge in [0.05, 0.1) is 21.4 Å². The van der Waals surface area contributed by atoms with Gasteiger partial charge in [-0.2, -0.15) is 17.5 Å². The molecule has 1 fully saturated rings. The topological polar surface area (TPSA) is 71.5 Å². The average Bonchev–Trinajstić information content (AvgIpc) is 3.11. The monoisotopic (exact) mass is 433 g/mol. The third kappa shape index (κ3) is 3.94. The molecule has 0 aliphatic carbocycles. The molecule has 0 aromatic heterocycles. The predicted molar refractivity (Wildman–Crippen MR) is 96.9 cm³/mol. The number of sulfone groups is 1. The van der Waals surface area contributed by atoms with Crippen LogP contribution in [0.4, 0.5) is 13.2 Å². The van der Waals surface area contributed by atoms with E-state index >= 15 is 0 Å². The van der Waals surface area contributed by atoms with Gasteiger partial charge in [-0.25, -0.2) is 16.8 Å². The lowest BCUT2D eigenvalue weighted by molar-refractivity contribution is -0.138. The Hall–Kier alpha value is -1.91. The first-order valence-electron chi connectivity index (χ1n) is 8.40. The molecule has 152 valence electrons. The van der Waals surface area contributed by atoms with E-state index in [4.69, 9.17) is 0 Å². The molecule has 0 N–H and O–H groups in total. The van der Waals surface area contributed by atoms with Crippen LogP contribution < -0.4 is 0 Å². The van der Waals surface area contributed by atoms with Crippen LogP contribution in [0.5, 0.6) is 0 Å². The molecular formula is C18H18F3NO4S2. The zero-order chi connectivity index (χ0) is 20.7. The molecule has 1 heterocycles. The van der Waals surface area contributed by atoms with Crippen molar-refractivity contribution in [1.29, 1.82) is 0 Å². The van der Waals surface area contributed by atoms with Crippen molar-refractivity contribution < 1.29 is 30.0 Å². The highest BCUT2D eigenvalue weighted by molar-refractivity contribution is 7.90. The van der Waals surface area contributed by atoms with Crippen LogP contribution >= 0.6 is 0 Å². The second-order valence-electron chi connectivity index (χ2n) is 6.60. The minimum Gasteiger partial charge on any atom is -0.224 e. The summed E-state index contributed by atoms with van der Waals surface area (Å²) < 4.78 is 90.4. The molecule has 0 spiro atoms. The number of nitrogens with zero attached hydrogens (tertiary/aromatic N) is 1. The van der Waals surface area contributed by atoms with Gasteiger partial charge in [-0.3, -0.25) is 0 Å². The SMILES string of the molecule is CS(=O)(=O)c1ccc(S(=O)(=O)N2CCCC2c2ccccc2C(F)(F)F)cc1. The first kappa shape index (κ1) is 20.8. The van der Waals surface area contributed by atoms with Gasteiger partial charge in [-0.05, 0) is 48.7 Å². The fraction of sp³-hybridized carbons (Fsp3) is 0.333. The summed E-state index contributed by atoms with van der Waals surface area (Å²) in [4.78, 5) is -0.192. The van der Waals surface area contributed by atoms with Gasteiger partial charge in [-0.15, -0.1) is 0 Å². The van der Waals surface area contributed by atoms with Crippen LogP contribution in [0.2, 0.25) is 0 Å². The summed E-state index contributed by atoms with van der Waals surface area (Å²) >= 11 is 0. The highest BCUT2D eigenvalue weighted by Crippen LogP contribution is 2.42. The third-order valence-corrected chi connectivity index (χ3v) is 7.74. The fourth-order valence-corrected chi connectivity index (χ4v) is 5.68. The van der Waals surface area contributed by atoms with Gasteiger partial charge in [0.2, 0.25) is 10.0 Å². The Morgan fingerprint density at radius 3 is 2.07 bits per heavy atom. The fourth-order valence-electron chi connectivity index (χ4n) is 3.38. The highest BCUT2D eigenvalue weighted by Gasteiger charge is 2.41. The van der Waals surface area contributed by atoms with E-state index in [2.05, 4.69) is 0 Å². The van der Waals surface area contributed by atoms with E-state index in [1.54, 1.807) is 0 Å². The van der Waals surface area contributed by atoms with E-state index in [1.807, 2.05) is 0 Å². The van der Waals surface area contributed by atoms with E-state index in [0.717, 1.165) is 28.8 Å². The Morgan fingerprint density at radius 1 is 0.929 bits per heavy atom. The summed E-state index contributed by atoms with van der Waals surface area (Å²) in [6, 6.07) is 8.71. The quantitative estimate of drug-likeness (QED) is 0.738. The lowest BCUT2D eigenvalue weighted by Crippen LogP contribution is -2.31. The predicted octanol–water partition coefficient (Wildman–Crippen LogP) is 3.63. The Bertz CT molecular complexity index is 1080. The van der Waals surface area contributed by atoms with Crippen molar-refractivity contribution in [2.75, 3.05) is 12.8 Å². The maximum Gasteiger partial charge on any atom is 0.416 e. The summed E-state index contributed by atoms with van der Waals surface area (Å²) in [5, 5.41) is 0. The lowest BCUT2D eigenvalue weighted by atomic mass is 9.99. The first-order valence-corrected chi connectivity index (χ1v) is 11.7. The minimum atomic E-state index is -4.59. The molecule has 0 saturated carbocycles. The normalized spacial score (nSPS) is 19.1. The zero-order valence-electron chi connectivity index (χ0n) is 14.8. The van der Waals surface area contributed by atoms with Gasteiger partial charge in [0.15, 0.2) is 9.84 Å². The molecule has 1 unspecified atom stereocenters. The van der Waals surface area contributed by atoms with E-state index in [0.29, 0.717) is 6.42 Å². The maximum absolute atomic E-state index is 13.4. The molecule has 1 atom stereocenters. The molecule has 1 aliphatic rings. The summed E-state index contributed by atoms with van der Waals surface area (Å²) in [5.74, 6) is 0. The molecule has 5 nitrogen and oxygen atoms in total. The maximum atomic E-state index is 13.4. The molecule has 28 heavy (non-hydrogen) atoms. The number of hydrogen-bond acceptors (Lipinski definition) is 4. The van der Waals surface area contributed by atoms with E-state index < -0.39 is 37.6 Å². The van der Waals surface area contributed by atoms with Crippen molar-refractivity contribution in [2.24, 2.45) is 0 Å². The smallest absolute Gasteiger partial charge is 0.224 e. The van der Waals surface area contributed by atoms with Crippen molar-refractivity contribution >= 4 is 19.9 Å². The van der Waals surface area contributed by atoms with Crippen LogP contribution in [0, 0.1) is 0 Å². The molecule has 0 amide bonds. The summed E-state index contributed by atoms with van der Waals surface area (Å²) in [7, 11) is -7.58. The second-order valence-corrected chi connectivity index (χ2v) is 10.5.